The summed E-state index contributed by atoms with van der Waals surface area (Å²) in [6.07, 6.45) is 1.79. The predicted octanol–water partition coefficient (Wildman–Crippen LogP) is 3.76. The molecule has 180 valence electrons. The molecular formula is C27H29N5O3. The van der Waals surface area contributed by atoms with Crippen molar-refractivity contribution in [3.63, 3.8) is 0 Å². The van der Waals surface area contributed by atoms with E-state index in [-0.39, 0.29) is 11.9 Å². The molecule has 1 aliphatic heterocycles. The second-order valence-electron chi connectivity index (χ2n) is 8.75. The van der Waals surface area contributed by atoms with Gasteiger partial charge in [0.25, 0.3) is 5.91 Å². The van der Waals surface area contributed by atoms with Crippen LogP contribution >= 0.6 is 0 Å². The summed E-state index contributed by atoms with van der Waals surface area (Å²) in [5, 5.41) is 4.87. The summed E-state index contributed by atoms with van der Waals surface area (Å²) in [5.74, 6) is 1.44. The van der Waals surface area contributed by atoms with Crippen molar-refractivity contribution in [2.75, 3.05) is 33.9 Å². The summed E-state index contributed by atoms with van der Waals surface area (Å²) in [6.45, 7) is 5.09. The van der Waals surface area contributed by atoms with Gasteiger partial charge in [-0.05, 0) is 43.3 Å². The van der Waals surface area contributed by atoms with Crippen molar-refractivity contribution in [3.05, 3.63) is 78.1 Å². The lowest BCUT2D eigenvalue weighted by atomic mass is 10.1. The number of carbonyl (C=O) groups is 1. The number of piperazine rings is 1. The van der Waals surface area contributed by atoms with Crippen LogP contribution in [0.25, 0.3) is 16.9 Å². The van der Waals surface area contributed by atoms with Crippen LogP contribution in [0.1, 0.15) is 23.0 Å². The van der Waals surface area contributed by atoms with Crippen LogP contribution in [0.3, 0.4) is 0 Å². The highest BCUT2D eigenvalue weighted by atomic mass is 16.5. The number of fused-ring (bicyclic) bond motifs is 1. The fourth-order valence-electron chi connectivity index (χ4n) is 4.69. The molecule has 1 saturated heterocycles. The number of rotatable bonds is 6. The first-order valence-electron chi connectivity index (χ1n) is 11.7. The molecule has 8 nitrogen and oxygen atoms in total. The van der Waals surface area contributed by atoms with Crippen molar-refractivity contribution >= 4 is 11.6 Å². The maximum Gasteiger partial charge on any atom is 0.254 e. The molecule has 0 radical (unpaired) electrons. The number of hydrogen-bond donors (Lipinski definition) is 0. The topological polar surface area (TPSA) is 72.2 Å². The Balaban J connectivity index is 1.33. The van der Waals surface area contributed by atoms with Gasteiger partial charge in [-0.3, -0.25) is 9.69 Å². The third kappa shape index (κ3) is 4.57. The molecule has 0 N–H and O–H groups in total. The van der Waals surface area contributed by atoms with Gasteiger partial charge in [0.2, 0.25) is 0 Å². The van der Waals surface area contributed by atoms with Gasteiger partial charge >= 0.3 is 0 Å². The molecular weight excluding hydrogens is 442 g/mol. The average molecular weight is 472 g/mol. The average Bonchev–Trinajstić information content (AvgIpc) is 3.31. The summed E-state index contributed by atoms with van der Waals surface area (Å²) in [4.78, 5) is 21.7. The summed E-state index contributed by atoms with van der Waals surface area (Å²) in [5.41, 5.74) is 4.36. The predicted molar refractivity (Wildman–Crippen MR) is 134 cm³/mol. The van der Waals surface area contributed by atoms with Gasteiger partial charge < -0.3 is 14.4 Å². The molecule has 8 heteroatoms. The van der Waals surface area contributed by atoms with Gasteiger partial charge in [-0.25, -0.2) is 9.50 Å². The van der Waals surface area contributed by atoms with Crippen LogP contribution in [0, 0.1) is 0 Å². The summed E-state index contributed by atoms with van der Waals surface area (Å²) in [6, 6.07) is 19.4. The van der Waals surface area contributed by atoms with Crippen molar-refractivity contribution in [2.24, 2.45) is 0 Å². The van der Waals surface area contributed by atoms with E-state index < -0.39 is 0 Å². The standard InChI is InChI=1S/C27H29N5O3/c1-19-17-30(13-14-31(19)27(33)20-7-5-4-6-8-20)18-22-16-26-28-12-11-23(32(26)29-22)21-9-10-24(34-2)25(15-21)35-3/h4-12,15-16,19H,13-14,17-18H2,1-3H3. The Kier molecular flexibility index (Phi) is 6.37. The Bertz CT molecular complexity index is 1340. The molecule has 0 aliphatic carbocycles. The lowest BCUT2D eigenvalue weighted by Gasteiger charge is -2.39. The van der Waals surface area contributed by atoms with E-state index in [1.165, 1.54) is 0 Å². The van der Waals surface area contributed by atoms with E-state index in [4.69, 9.17) is 14.6 Å². The third-order valence-corrected chi connectivity index (χ3v) is 6.47. The Morgan fingerprint density at radius 3 is 2.54 bits per heavy atom. The number of nitrogens with zero attached hydrogens (tertiary/aromatic N) is 5. The van der Waals surface area contributed by atoms with Gasteiger partial charge in [-0.1, -0.05) is 18.2 Å². The Morgan fingerprint density at radius 2 is 1.80 bits per heavy atom. The first-order valence-corrected chi connectivity index (χ1v) is 11.7. The molecule has 1 unspecified atom stereocenters. The zero-order chi connectivity index (χ0) is 24.4. The van der Waals surface area contributed by atoms with Crippen molar-refractivity contribution < 1.29 is 14.3 Å². The minimum Gasteiger partial charge on any atom is -0.493 e. The van der Waals surface area contributed by atoms with Crippen LogP contribution in [-0.2, 0) is 6.54 Å². The quantitative estimate of drug-likeness (QED) is 0.426. The van der Waals surface area contributed by atoms with Gasteiger partial charge in [0.15, 0.2) is 17.1 Å². The fourth-order valence-corrected chi connectivity index (χ4v) is 4.69. The summed E-state index contributed by atoms with van der Waals surface area (Å²) in [7, 11) is 3.25. The number of ether oxygens (including phenoxy) is 2. The Hall–Kier alpha value is -3.91. The van der Waals surface area contributed by atoms with E-state index in [2.05, 4.69) is 16.8 Å². The van der Waals surface area contributed by atoms with Crippen LogP contribution in [0.5, 0.6) is 11.5 Å². The second-order valence-corrected chi connectivity index (χ2v) is 8.75. The van der Waals surface area contributed by atoms with Gasteiger partial charge in [0, 0.05) is 55.6 Å². The molecule has 0 saturated carbocycles. The van der Waals surface area contributed by atoms with Crippen LogP contribution in [-0.4, -0.2) is 70.2 Å². The van der Waals surface area contributed by atoms with E-state index in [0.29, 0.717) is 24.6 Å². The SMILES string of the molecule is COc1ccc(-c2ccnc3cc(CN4CCN(C(=O)c5ccccc5)C(C)C4)nn23)cc1OC. The lowest BCUT2D eigenvalue weighted by molar-refractivity contribution is 0.0473. The maximum atomic E-state index is 12.9. The van der Waals surface area contributed by atoms with E-state index in [0.717, 1.165) is 41.3 Å². The number of hydrogen-bond acceptors (Lipinski definition) is 6. The van der Waals surface area contributed by atoms with Gasteiger partial charge in [-0.2, -0.15) is 5.10 Å². The number of aromatic nitrogens is 3. The third-order valence-electron chi connectivity index (χ3n) is 6.47. The first-order chi connectivity index (χ1) is 17.1. The van der Waals surface area contributed by atoms with Crippen LogP contribution < -0.4 is 9.47 Å². The Labute approximate surface area is 204 Å². The van der Waals surface area contributed by atoms with Gasteiger partial charge in [0.05, 0.1) is 25.6 Å². The minimum absolute atomic E-state index is 0.0919. The molecule has 1 atom stereocenters. The molecule has 5 rings (SSSR count). The zero-order valence-electron chi connectivity index (χ0n) is 20.2. The summed E-state index contributed by atoms with van der Waals surface area (Å²) < 4.78 is 12.7. The van der Waals surface area contributed by atoms with E-state index in [1.54, 1.807) is 20.4 Å². The van der Waals surface area contributed by atoms with Crippen molar-refractivity contribution in [1.29, 1.82) is 0 Å². The van der Waals surface area contributed by atoms with Crippen molar-refractivity contribution in [1.82, 2.24) is 24.4 Å². The van der Waals surface area contributed by atoms with Crippen molar-refractivity contribution in [2.45, 2.75) is 19.5 Å². The highest BCUT2D eigenvalue weighted by Gasteiger charge is 2.28. The molecule has 4 aromatic rings. The highest BCUT2D eigenvalue weighted by Crippen LogP contribution is 2.32. The lowest BCUT2D eigenvalue weighted by Crippen LogP contribution is -2.53. The van der Waals surface area contributed by atoms with Crippen LogP contribution in [0.15, 0.2) is 66.9 Å². The molecule has 1 amide bonds. The zero-order valence-corrected chi connectivity index (χ0v) is 20.2. The number of methoxy groups -OCH3 is 2. The molecule has 3 heterocycles. The van der Waals surface area contributed by atoms with Gasteiger partial charge in [0.1, 0.15) is 0 Å². The van der Waals surface area contributed by atoms with Gasteiger partial charge in [-0.15, -0.1) is 0 Å². The maximum absolute atomic E-state index is 12.9. The summed E-state index contributed by atoms with van der Waals surface area (Å²) >= 11 is 0. The molecule has 35 heavy (non-hydrogen) atoms. The van der Waals surface area contributed by atoms with E-state index >= 15 is 0 Å². The number of benzene rings is 2. The fraction of sp³-hybridized carbons (Fsp3) is 0.296. The largest absolute Gasteiger partial charge is 0.493 e. The first kappa shape index (κ1) is 22.9. The molecule has 2 aromatic carbocycles. The highest BCUT2D eigenvalue weighted by molar-refractivity contribution is 5.94. The smallest absolute Gasteiger partial charge is 0.254 e. The number of amides is 1. The normalized spacial score (nSPS) is 16.4. The van der Waals surface area contributed by atoms with E-state index in [9.17, 15) is 4.79 Å². The van der Waals surface area contributed by atoms with E-state index in [1.807, 2.05) is 70.1 Å². The second kappa shape index (κ2) is 9.76. The molecule has 2 aromatic heterocycles. The molecule has 0 bridgehead atoms. The van der Waals surface area contributed by atoms with Crippen LogP contribution in [0.2, 0.25) is 0 Å². The minimum atomic E-state index is 0.0919. The molecule has 1 fully saturated rings. The van der Waals surface area contributed by atoms with Crippen molar-refractivity contribution in [3.8, 4) is 22.8 Å². The monoisotopic (exact) mass is 471 g/mol. The molecule has 1 aliphatic rings. The molecule has 0 spiro atoms. The number of carbonyl (C=O) groups excluding carboxylic acids is 1. The van der Waals surface area contributed by atoms with Crippen LogP contribution in [0.4, 0.5) is 0 Å². The Morgan fingerprint density at radius 1 is 1.00 bits per heavy atom.